The number of hydrogen-bond donors (Lipinski definition) is 1. The number of nitrogens with two attached hydrogens (primary N) is 1. The van der Waals surface area contributed by atoms with Crippen molar-refractivity contribution in [2.45, 2.75) is 45.4 Å². The van der Waals surface area contributed by atoms with E-state index in [4.69, 9.17) is 5.73 Å². The van der Waals surface area contributed by atoms with Gasteiger partial charge in [0.05, 0.1) is 15.6 Å². The fraction of sp³-hybridized carbons (Fsp3) is 0.667. The minimum Gasteiger partial charge on any atom is -0.397 e. The van der Waals surface area contributed by atoms with E-state index >= 15 is 0 Å². The molecule has 1 aromatic heterocycles. The molecule has 2 N–H and O–H groups in total. The number of anilines is 2. The molecule has 1 saturated carbocycles. The quantitative estimate of drug-likeness (QED) is 0.855. The van der Waals surface area contributed by atoms with Crippen LogP contribution in [-0.4, -0.2) is 18.9 Å². The average molecular weight is 278 g/mol. The van der Waals surface area contributed by atoms with Crippen LogP contribution in [0.3, 0.4) is 0 Å². The number of carbonyl (C=O) groups is 1. The van der Waals surface area contributed by atoms with E-state index in [0.717, 1.165) is 23.7 Å². The third-order valence-corrected chi connectivity index (χ3v) is 5.39. The van der Waals surface area contributed by atoms with Gasteiger partial charge in [-0.1, -0.05) is 13.8 Å². The van der Waals surface area contributed by atoms with Crippen molar-refractivity contribution in [1.29, 1.82) is 0 Å². The van der Waals surface area contributed by atoms with Gasteiger partial charge in [0.1, 0.15) is 0 Å². The molecule has 0 amide bonds. The molecule has 104 valence electrons. The summed E-state index contributed by atoms with van der Waals surface area (Å²) in [4.78, 5) is 15.5. The minimum absolute atomic E-state index is 0.0273. The highest BCUT2D eigenvalue weighted by atomic mass is 32.1. The fourth-order valence-corrected chi connectivity index (χ4v) is 4.26. The van der Waals surface area contributed by atoms with Gasteiger partial charge in [-0.2, -0.15) is 0 Å². The summed E-state index contributed by atoms with van der Waals surface area (Å²) >= 11 is 1.64. The summed E-state index contributed by atoms with van der Waals surface area (Å²) in [7, 11) is 0. The van der Waals surface area contributed by atoms with Crippen molar-refractivity contribution in [2.75, 3.05) is 23.7 Å². The lowest BCUT2D eigenvalue weighted by atomic mass is 10.0. The van der Waals surface area contributed by atoms with Crippen LogP contribution in [0.1, 0.15) is 60.7 Å². The van der Waals surface area contributed by atoms with Crippen LogP contribution in [0.4, 0.5) is 10.7 Å². The Bertz CT molecular complexity index is 496. The van der Waals surface area contributed by atoms with Crippen LogP contribution in [0.5, 0.6) is 0 Å². The molecule has 1 saturated heterocycles. The molecule has 0 aromatic carbocycles. The van der Waals surface area contributed by atoms with Gasteiger partial charge in [0.15, 0.2) is 5.78 Å². The van der Waals surface area contributed by atoms with Crippen LogP contribution in [0.25, 0.3) is 0 Å². The van der Waals surface area contributed by atoms with Gasteiger partial charge in [-0.25, -0.2) is 0 Å². The summed E-state index contributed by atoms with van der Waals surface area (Å²) in [5.41, 5.74) is 8.39. The number of rotatable bonds is 4. The standard InChI is InChI=1S/C15H22N2OS/c1-9(2)13(18)14-12(16)11(10-5-6-10)15(19-14)17-7-3-4-8-17/h9-10H,3-8,16H2,1-2H3. The van der Waals surface area contributed by atoms with Crippen LogP contribution < -0.4 is 10.6 Å². The lowest BCUT2D eigenvalue weighted by Crippen LogP contribution is -2.17. The maximum Gasteiger partial charge on any atom is 0.177 e. The largest absolute Gasteiger partial charge is 0.397 e. The van der Waals surface area contributed by atoms with Gasteiger partial charge >= 0.3 is 0 Å². The van der Waals surface area contributed by atoms with Crippen LogP contribution in [0.15, 0.2) is 0 Å². The van der Waals surface area contributed by atoms with E-state index in [-0.39, 0.29) is 11.7 Å². The molecule has 2 aliphatic rings. The highest BCUT2D eigenvalue weighted by Crippen LogP contribution is 2.52. The van der Waals surface area contributed by atoms with Crippen molar-refractivity contribution in [3.63, 3.8) is 0 Å². The van der Waals surface area contributed by atoms with E-state index in [1.54, 1.807) is 11.3 Å². The molecule has 2 fully saturated rings. The molecule has 2 heterocycles. The van der Waals surface area contributed by atoms with Gasteiger partial charge in [0.25, 0.3) is 0 Å². The van der Waals surface area contributed by atoms with E-state index < -0.39 is 0 Å². The van der Waals surface area contributed by atoms with Crippen LogP contribution in [0.2, 0.25) is 0 Å². The topological polar surface area (TPSA) is 46.3 Å². The SMILES string of the molecule is CC(C)C(=O)c1sc(N2CCCC2)c(C2CC2)c1N. The normalized spacial score (nSPS) is 19.4. The van der Waals surface area contributed by atoms with Gasteiger partial charge in [-0.3, -0.25) is 4.79 Å². The summed E-state index contributed by atoms with van der Waals surface area (Å²) in [6, 6.07) is 0. The zero-order valence-corrected chi connectivity index (χ0v) is 12.6. The Morgan fingerprint density at radius 2 is 1.95 bits per heavy atom. The number of nitrogens with zero attached hydrogens (tertiary/aromatic N) is 1. The summed E-state index contributed by atoms with van der Waals surface area (Å²) in [5.74, 6) is 0.842. The number of Topliss-reactive ketones (excluding diaryl/α,β-unsaturated/α-hetero) is 1. The second kappa shape index (κ2) is 4.82. The van der Waals surface area contributed by atoms with E-state index in [9.17, 15) is 4.79 Å². The Kier molecular flexibility index (Phi) is 3.29. The maximum absolute atomic E-state index is 12.3. The Morgan fingerprint density at radius 3 is 2.47 bits per heavy atom. The van der Waals surface area contributed by atoms with Crippen molar-refractivity contribution < 1.29 is 4.79 Å². The molecular formula is C15H22N2OS. The van der Waals surface area contributed by atoms with Crippen molar-refractivity contribution >= 4 is 27.8 Å². The smallest absolute Gasteiger partial charge is 0.177 e. The Labute approximate surface area is 118 Å². The molecule has 1 aliphatic carbocycles. The summed E-state index contributed by atoms with van der Waals surface area (Å²) < 4.78 is 0. The molecule has 3 nitrogen and oxygen atoms in total. The van der Waals surface area contributed by atoms with E-state index in [2.05, 4.69) is 4.90 Å². The fourth-order valence-electron chi connectivity index (χ4n) is 2.81. The molecule has 0 spiro atoms. The summed E-state index contributed by atoms with van der Waals surface area (Å²) in [6.45, 7) is 6.14. The number of ketones is 1. The first kappa shape index (κ1) is 13.0. The molecule has 3 rings (SSSR count). The first-order chi connectivity index (χ1) is 9.09. The first-order valence-corrected chi connectivity index (χ1v) is 8.12. The summed E-state index contributed by atoms with van der Waals surface area (Å²) in [5, 5.41) is 1.29. The zero-order valence-electron chi connectivity index (χ0n) is 11.7. The average Bonchev–Trinajstić information content (AvgIpc) is 2.95. The number of thiophene rings is 1. The number of carbonyl (C=O) groups excluding carboxylic acids is 1. The van der Waals surface area contributed by atoms with Crippen LogP contribution in [-0.2, 0) is 0 Å². The summed E-state index contributed by atoms with van der Waals surface area (Å²) in [6.07, 6.45) is 4.99. The van der Waals surface area contributed by atoms with Crippen LogP contribution >= 0.6 is 11.3 Å². The maximum atomic E-state index is 12.3. The molecule has 4 heteroatoms. The molecule has 0 atom stereocenters. The molecular weight excluding hydrogens is 256 g/mol. The third-order valence-electron chi connectivity index (χ3n) is 4.09. The molecule has 0 radical (unpaired) electrons. The second-order valence-corrected chi connectivity index (χ2v) is 7.05. The van der Waals surface area contributed by atoms with Gasteiger partial charge in [0, 0.05) is 24.6 Å². The lowest BCUT2D eigenvalue weighted by Gasteiger charge is -2.17. The molecule has 1 aromatic rings. The van der Waals surface area contributed by atoms with E-state index in [0.29, 0.717) is 5.92 Å². The Hall–Kier alpha value is -1.03. The third kappa shape index (κ3) is 2.27. The predicted octanol–water partition coefficient (Wildman–Crippen LogP) is 3.65. The first-order valence-electron chi connectivity index (χ1n) is 7.31. The van der Waals surface area contributed by atoms with Crippen LogP contribution in [0, 0.1) is 5.92 Å². The molecule has 0 unspecified atom stereocenters. The Morgan fingerprint density at radius 1 is 1.32 bits per heavy atom. The number of hydrogen-bond acceptors (Lipinski definition) is 4. The molecule has 0 bridgehead atoms. The van der Waals surface area contributed by atoms with Crippen molar-refractivity contribution in [1.82, 2.24) is 0 Å². The van der Waals surface area contributed by atoms with Gasteiger partial charge in [-0.15, -0.1) is 11.3 Å². The van der Waals surface area contributed by atoms with Gasteiger partial charge in [-0.05, 0) is 31.6 Å². The minimum atomic E-state index is 0.0273. The highest BCUT2D eigenvalue weighted by Gasteiger charge is 2.35. The van der Waals surface area contributed by atoms with E-state index in [1.807, 2.05) is 13.8 Å². The number of nitrogen functional groups attached to an aromatic ring is 1. The van der Waals surface area contributed by atoms with Crippen molar-refractivity contribution in [3.8, 4) is 0 Å². The monoisotopic (exact) mass is 278 g/mol. The van der Waals surface area contributed by atoms with Gasteiger partial charge < -0.3 is 10.6 Å². The van der Waals surface area contributed by atoms with E-state index in [1.165, 1.54) is 36.2 Å². The van der Waals surface area contributed by atoms with Crippen molar-refractivity contribution in [2.24, 2.45) is 5.92 Å². The predicted molar refractivity (Wildman–Crippen MR) is 81.3 cm³/mol. The van der Waals surface area contributed by atoms with Gasteiger partial charge in [0.2, 0.25) is 0 Å². The molecule has 1 aliphatic heterocycles. The Balaban J connectivity index is 2.02. The second-order valence-electron chi connectivity index (χ2n) is 6.05. The lowest BCUT2D eigenvalue weighted by molar-refractivity contribution is 0.0944. The molecule has 19 heavy (non-hydrogen) atoms. The highest BCUT2D eigenvalue weighted by molar-refractivity contribution is 7.19. The van der Waals surface area contributed by atoms with Crippen molar-refractivity contribution in [3.05, 3.63) is 10.4 Å². The zero-order chi connectivity index (χ0) is 13.6.